The van der Waals surface area contributed by atoms with Crippen LogP contribution in [0.1, 0.15) is 32.3 Å². The number of carbonyl (C=O) groups is 1. The Morgan fingerprint density at radius 3 is 2.40 bits per heavy atom. The number of benzene rings is 1. The first-order chi connectivity index (χ1) is 6.82. The Bertz CT molecular complexity index is 366. The Morgan fingerprint density at radius 1 is 1.40 bits per heavy atom. The molecule has 3 heteroatoms. The van der Waals surface area contributed by atoms with Crippen LogP contribution < -0.4 is 0 Å². The summed E-state index contributed by atoms with van der Waals surface area (Å²) in [5.74, 6) is -2.01. The highest BCUT2D eigenvalue weighted by Gasteiger charge is 2.32. The largest absolute Gasteiger partial charge is 0.481 e. The highest BCUT2D eigenvalue weighted by atomic mass is 19.1. The summed E-state index contributed by atoms with van der Waals surface area (Å²) < 4.78 is 13.0. The number of aliphatic carboxylic acids is 1. The van der Waals surface area contributed by atoms with Crippen molar-refractivity contribution in [1.29, 1.82) is 0 Å². The van der Waals surface area contributed by atoms with E-state index in [1.807, 2.05) is 20.8 Å². The van der Waals surface area contributed by atoms with Gasteiger partial charge in [0.1, 0.15) is 5.82 Å². The molecule has 0 saturated heterocycles. The molecule has 1 aromatic carbocycles. The van der Waals surface area contributed by atoms with Gasteiger partial charge in [0, 0.05) is 0 Å². The molecule has 0 radical (unpaired) electrons. The van der Waals surface area contributed by atoms with Gasteiger partial charge < -0.3 is 5.11 Å². The highest BCUT2D eigenvalue weighted by molar-refractivity contribution is 5.77. The molecule has 82 valence electrons. The molecule has 1 atom stereocenters. The first kappa shape index (κ1) is 11.7. The molecule has 0 bridgehead atoms. The molecule has 15 heavy (non-hydrogen) atoms. The molecule has 1 aromatic rings. The van der Waals surface area contributed by atoms with Gasteiger partial charge in [-0.05, 0) is 23.1 Å². The van der Waals surface area contributed by atoms with Gasteiger partial charge in [-0.25, -0.2) is 4.39 Å². The summed E-state index contributed by atoms with van der Waals surface area (Å²) in [5, 5.41) is 9.13. The van der Waals surface area contributed by atoms with Crippen LogP contribution in [-0.4, -0.2) is 11.1 Å². The van der Waals surface area contributed by atoms with E-state index in [2.05, 4.69) is 0 Å². The predicted octanol–water partition coefficient (Wildman–Crippen LogP) is 3.04. The standard InChI is InChI=1S/C12H15FO2/c1-12(2,3)10(11(14)15)8-5-4-6-9(13)7-8/h4-7,10H,1-3H3,(H,14,15). The maximum Gasteiger partial charge on any atom is 0.311 e. The number of halogens is 1. The zero-order valence-electron chi connectivity index (χ0n) is 9.12. The number of carboxylic acid groups (broad SMARTS) is 1. The van der Waals surface area contributed by atoms with Crippen molar-refractivity contribution < 1.29 is 14.3 Å². The molecular weight excluding hydrogens is 195 g/mol. The summed E-state index contributed by atoms with van der Waals surface area (Å²) in [4.78, 5) is 11.1. The summed E-state index contributed by atoms with van der Waals surface area (Å²) in [5.41, 5.74) is 0.0783. The van der Waals surface area contributed by atoms with Gasteiger partial charge in [0.05, 0.1) is 5.92 Å². The van der Waals surface area contributed by atoms with Crippen LogP contribution in [0.15, 0.2) is 24.3 Å². The Labute approximate surface area is 88.7 Å². The lowest BCUT2D eigenvalue weighted by molar-refractivity contribution is -0.141. The van der Waals surface area contributed by atoms with E-state index in [9.17, 15) is 9.18 Å². The van der Waals surface area contributed by atoms with Crippen molar-refractivity contribution in [2.75, 3.05) is 0 Å². The lowest BCUT2D eigenvalue weighted by atomic mass is 9.76. The fourth-order valence-corrected chi connectivity index (χ4v) is 1.70. The average molecular weight is 210 g/mol. The third kappa shape index (κ3) is 2.78. The van der Waals surface area contributed by atoms with Gasteiger partial charge in [-0.3, -0.25) is 4.79 Å². The minimum absolute atomic E-state index is 0.400. The fraction of sp³-hybridized carbons (Fsp3) is 0.417. The number of hydrogen-bond acceptors (Lipinski definition) is 1. The summed E-state index contributed by atoms with van der Waals surface area (Å²) >= 11 is 0. The van der Waals surface area contributed by atoms with Crippen LogP contribution >= 0.6 is 0 Å². The Kier molecular flexibility index (Phi) is 3.12. The van der Waals surface area contributed by atoms with E-state index in [0.29, 0.717) is 5.56 Å². The normalized spacial score (nSPS) is 13.6. The molecule has 1 rings (SSSR count). The van der Waals surface area contributed by atoms with Crippen LogP contribution in [0, 0.1) is 11.2 Å². The van der Waals surface area contributed by atoms with Crippen molar-refractivity contribution in [3.05, 3.63) is 35.6 Å². The Morgan fingerprint density at radius 2 is 2.00 bits per heavy atom. The van der Waals surface area contributed by atoms with E-state index >= 15 is 0 Å². The molecule has 0 spiro atoms. The van der Waals surface area contributed by atoms with Crippen LogP contribution in [0.5, 0.6) is 0 Å². The zero-order valence-corrected chi connectivity index (χ0v) is 9.12. The molecule has 0 amide bonds. The molecule has 1 unspecified atom stereocenters. The van der Waals surface area contributed by atoms with E-state index in [1.165, 1.54) is 18.2 Å². The average Bonchev–Trinajstić information content (AvgIpc) is 1.99. The fourth-order valence-electron chi connectivity index (χ4n) is 1.70. The molecule has 0 aliphatic rings. The van der Waals surface area contributed by atoms with Crippen molar-refractivity contribution in [2.24, 2.45) is 5.41 Å². The second kappa shape index (κ2) is 4.01. The summed E-state index contributed by atoms with van der Waals surface area (Å²) in [6, 6.07) is 5.77. The lowest BCUT2D eigenvalue weighted by Crippen LogP contribution is -2.26. The third-order valence-corrected chi connectivity index (χ3v) is 2.29. The monoisotopic (exact) mass is 210 g/mol. The molecule has 2 nitrogen and oxygen atoms in total. The molecule has 0 fully saturated rings. The van der Waals surface area contributed by atoms with Crippen LogP contribution in [0.25, 0.3) is 0 Å². The van der Waals surface area contributed by atoms with Crippen LogP contribution in [0.2, 0.25) is 0 Å². The van der Waals surface area contributed by atoms with Gasteiger partial charge in [0.2, 0.25) is 0 Å². The topological polar surface area (TPSA) is 37.3 Å². The number of hydrogen-bond donors (Lipinski definition) is 1. The second-order valence-corrected chi connectivity index (χ2v) is 4.69. The first-order valence-electron chi connectivity index (χ1n) is 4.80. The SMILES string of the molecule is CC(C)(C)C(C(=O)O)c1cccc(F)c1. The van der Waals surface area contributed by atoms with Crippen molar-refractivity contribution in [2.45, 2.75) is 26.7 Å². The lowest BCUT2D eigenvalue weighted by Gasteiger charge is -2.27. The van der Waals surface area contributed by atoms with E-state index in [1.54, 1.807) is 6.07 Å². The molecule has 0 aliphatic carbocycles. The van der Waals surface area contributed by atoms with Gasteiger partial charge in [-0.1, -0.05) is 32.9 Å². The molecule has 0 saturated carbocycles. The predicted molar refractivity (Wildman–Crippen MR) is 56.2 cm³/mol. The van der Waals surface area contributed by atoms with Crippen molar-refractivity contribution in [1.82, 2.24) is 0 Å². The molecule has 0 aromatic heterocycles. The maximum absolute atomic E-state index is 13.0. The van der Waals surface area contributed by atoms with Crippen molar-refractivity contribution in [3.63, 3.8) is 0 Å². The van der Waals surface area contributed by atoms with Gasteiger partial charge in [0.15, 0.2) is 0 Å². The third-order valence-electron chi connectivity index (χ3n) is 2.29. The van der Waals surface area contributed by atoms with Crippen LogP contribution in [0.3, 0.4) is 0 Å². The summed E-state index contributed by atoms with van der Waals surface area (Å²) in [7, 11) is 0. The molecule has 0 aliphatic heterocycles. The molecule has 1 N–H and O–H groups in total. The van der Waals surface area contributed by atoms with Gasteiger partial charge >= 0.3 is 5.97 Å². The van der Waals surface area contributed by atoms with Gasteiger partial charge in [-0.15, -0.1) is 0 Å². The second-order valence-electron chi connectivity index (χ2n) is 4.69. The maximum atomic E-state index is 13.0. The van der Waals surface area contributed by atoms with Gasteiger partial charge in [0.25, 0.3) is 0 Å². The van der Waals surface area contributed by atoms with E-state index in [4.69, 9.17) is 5.11 Å². The first-order valence-corrected chi connectivity index (χ1v) is 4.80. The smallest absolute Gasteiger partial charge is 0.311 e. The summed E-state index contributed by atoms with van der Waals surface area (Å²) in [6.07, 6.45) is 0. The van der Waals surface area contributed by atoms with Crippen molar-refractivity contribution >= 4 is 5.97 Å². The van der Waals surface area contributed by atoms with Crippen LogP contribution in [-0.2, 0) is 4.79 Å². The quantitative estimate of drug-likeness (QED) is 0.814. The van der Waals surface area contributed by atoms with Gasteiger partial charge in [-0.2, -0.15) is 0 Å². The molecular formula is C12H15FO2. The minimum atomic E-state index is -0.923. The highest BCUT2D eigenvalue weighted by Crippen LogP contribution is 2.35. The van der Waals surface area contributed by atoms with Crippen LogP contribution in [0.4, 0.5) is 4.39 Å². The number of carboxylic acids is 1. The van der Waals surface area contributed by atoms with E-state index < -0.39 is 23.1 Å². The van der Waals surface area contributed by atoms with E-state index in [-0.39, 0.29) is 0 Å². The Hall–Kier alpha value is -1.38. The minimum Gasteiger partial charge on any atom is -0.481 e. The zero-order chi connectivity index (χ0) is 11.6. The van der Waals surface area contributed by atoms with E-state index in [0.717, 1.165) is 0 Å². The summed E-state index contributed by atoms with van der Waals surface area (Å²) in [6.45, 7) is 5.49. The number of rotatable bonds is 2. The molecule has 0 heterocycles. The van der Waals surface area contributed by atoms with Crippen molar-refractivity contribution in [3.8, 4) is 0 Å². The Balaban J connectivity index is 3.16.